The molecule has 0 aliphatic carbocycles. The van der Waals surface area contributed by atoms with Crippen LogP contribution in [0.2, 0.25) is 0 Å². The number of nitro benzene ring substituents is 1. The molecule has 26 heavy (non-hydrogen) atoms. The Labute approximate surface area is 153 Å². The van der Waals surface area contributed by atoms with Crippen LogP contribution < -0.4 is 4.74 Å². The van der Waals surface area contributed by atoms with Crippen LogP contribution in [0.15, 0.2) is 53.4 Å². The lowest BCUT2D eigenvalue weighted by Gasteiger charge is -2.12. The highest BCUT2D eigenvalue weighted by Crippen LogP contribution is 2.34. The van der Waals surface area contributed by atoms with Crippen molar-refractivity contribution in [3.8, 4) is 5.75 Å². The molecule has 1 aliphatic heterocycles. The molecule has 8 heteroatoms. The number of rotatable bonds is 5. The minimum absolute atomic E-state index is 0.120. The minimum Gasteiger partial charge on any atom is -0.497 e. The standard InChI is InChI=1S/C18H14N2O5S/c1-25-14-8-6-12(7-9-14)10-16-17(21)19(18(22)26-16)11-13-4-2-3-5-15(13)20(23)24/h2-10H,11H2,1H3/b16-10-. The Hall–Kier alpha value is -3.13. The zero-order chi connectivity index (χ0) is 18.7. The third-order valence-electron chi connectivity index (χ3n) is 3.80. The number of imide groups is 1. The molecule has 1 fully saturated rings. The van der Waals surface area contributed by atoms with Gasteiger partial charge in [0.2, 0.25) is 0 Å². The number of para-hydroxylation sites is 1. The number of carbonyl (C=O) groups excluding carboxylic acids is 2. The van der Waals surface area contributed by atoms with E-state index >= 15 is 0 Å². The number of hydrogen-bond acceptors (Lipinski definition) is 6. The van der Waals surface area contributed by atoms with Crippen LogP contribution in [-0.2, 0) is 11.3 Å². The van der Waals surface area contributed by atoms with Crippen LogP contribution in [0.5, 0.6) is 5.75 Å². The summed E-state index contributed by atoms with van der Waals surface area (Å²) in [7, 11) is 1.56. The first-order valence-electron chi connectivity index (χ1n) is 7.61. The van der Waals surface area contributed by atoms with Crippen molar-refractivity contribution in [2.75, 3.05) is 7.11 Å². The van der Waals surface area contributed by atoms with E-state index in [9.17, 15) is 19.7 Å². The van der Waals surface area contributed by atoms with Crippen LogP contribution in [0, 0.1) is 10.1 Å². The highest BCUT2D eigenvalue weighted by molar-refractivity contribution is 8.18. The molecule has 1 heterocycles. The number of nitro groups is 1. The lowest BCUT2D eigenvalue weighted by atomic mass is 10.1. The topological polar surface area (TPSA) is 89.8 Å². The molecule has 0 atom stereocenters. The van der Waals surface area contributed by atoms with Gasteiger partial charge >= 0.3 is 0 Å². The van der Waals surface area contributed by atoms with Gasteiger partial charge in [-0.15, -0.1) is 0 Å². The average Bonchev–Trinajstić information content (AvgIpc) is 2.90. The summed E-state index contributed by atoms with van der Waals surface area (Å²) in [5, 5.41) is 10.7. The van der Waals surface area contributed by atoms with E-state index in [-0.39, 0.29) is 17.1 Å². The van der Waals surface area contributed by atoms with Crippen molar-refractivity contribution in [1.82, 2.24) is 4.90 Å². The maximum atomic E-state index is 12.6. The van der Waals surface area contributed by atoms with Crippen LogP contribution in [-0.4, -0.2) is 28.1 Å². The lowest BCUT2D eigenvalue weighted by Crippen LogP contribution is -2.27. The van der Waals surface area contributed by atoms with E-state index in [1.807, 2.05) is 0 Å². The fraction of sp³-hybridized carbons (Fsp3) is 0.111. The van der Waals surface area contributed by atoms with Gasteiger partial charge in [0, 0.05) is 11.6 Å². The van der Waals surface area contributed by atoms with Crippen molar-refractivity contribution in [2.24, 2.45) is 0 Å². The maximum Gasteiger partial charge on any atom is 0.293 e. The summed E-state index contributed by atoms with van der Waals surface area (Å²) in [6.07, 6.45) is 1.61. The molecule has 2 aromatic rings. The fourth-order valence-electron chi connectivity index (χ4n) is 2.48. The summed E-state index contributed by atoms with van der Waals surface area (Å²) in [5.41, 5.74) is 0.943. The second kappa shape index (κ2) is 7.40. The van der Waals surface area contributed by atoms with Gasteiger partial charge < -0.3 is 4.74 Å². The highest BCUT2D eigenvalue weighted by atomic mass is 32.2. The summed E-state index contributed by atoms with van der Waals surface area (Å²) < 4.78 is 5.08. The van der Waals surface area contributed by atoms with Crippen molar-refractivity contribution in [1.29, 1.82) is 0 Å². The Morgan fingerprint density at radius 3 is 2.50 bits per heavy atom. The number of benzene rings is 2. The Kier molecular flexibility index (Phi) is 5.04. The van der Waals surface area contributed by atoms with E-state index in [2.05, 4.69) is 0 Å². The van der Waals surface area contributed by atoms with Crippen LogP contribution in [0.25, 0.3) is 6.08 Å². The van der Waals surface area contributed by atoms with Gasteiger partial charge in [0.05, 0.1) is 23.5 Å². The van der Waals surface area contributed by atoms with Crippen LogP contribution in [0.4, 0.5) is 10.5 Å². The number of amides is 2. The molecule has 7 nitrogen and oxygen atoms in total. The van der Waals surface area contributed by atoms with Gasteiger partial charge in [0.15, 0.2) is 0 Å². The van der Waals surface area contributed by atoms with Crippen LogP contribution in [0.3, 0.4) is 0 Å². The molecule has 0 N–H and O–H groups in total. The largest absolute Gasteiger partial charge is 0.497 e. The molecule has 2 amide bonds. The quantitative estimate of drug-likeness (QED) is 0.451. The first kappa shape index (κ1) is 17.7. The maximum absolute atomic E-state index is 12.6. The molecule has 0 unspecified atom stereocenters. The fourth-order valence-corrected chi connectivity index (χ4v) is 3.32. The summed E-state index contributed by atoms with van der Waals surface area (Å²) in [5.74, 6) is 0.223. The zero-order valence-electron chi connectivity index (χ0n) is 13.7. The Balaban J connectivity index is 1.83. The summed E-state index contributed by atoms with van der Waals surface area (Å²) >= 11 is 0.818. The van der Waals surface area contributed by atoms with Gasteiger partial charge in [-0.2, -0.15) is 0 Å². The van der Waals surface area contributed by atoms with Gasteiger partial charge in [0.25, 0.3) is 16.8 Å². The minimum atomic E-state index is -0.526. The second-order valence-electron chi connectivity index (χ2n) is 5.43. The third-order valence-corrected chi connectivity index (χ3v) is 4.71. The number of nitrogens with zero attached hydrogens (tertiary/aromatic N) is 2. The molecule has 1 aliphatic rings. The van der Waals surface area contributed by atoms with Crippen molar-refractivity contribution in [2.45, 2.75) is 6.54 Å². The molecule has 2 aromatic carbocycles. The predicted octanol–water partition coefficient (Wildman–Crippen LogP) is 3.84. The molecule has 0 spiro atoms. The van der Waals surface area contributed by atoms with E-state index < -0.39 is 16.1 Å². The predicted molar refractivity (Wildman–Crippen MR) is 97.6 cm³/mol. The number of hydrogen-bond donors (Lipinski definition) is 0. The first-order valence-corrected chi connectivity index (χ1v) is 8.43. The van der Waals surface area contributed by atoms with E-state index in [1.165, 1.54) is 12.1 Å². The third kappa shape index (κ3) is 3.60. The zero-order valence-corrected chi connectivity index (χ0v) is 14.6. The SMILES string of the molecule is COc1ccc(/C=C2\SC(=O)N(Cc3ccccc3[N+](=O)[O-])C2=O)cc1. The van der Waals surface area contributed by atoms with Gasteiger partial charge in [-0.3, -0.25) is 24.6 Å². The van der Waals surface area contributed by atoms with E-state index in [0.717, 1.165) is 22.2 Å². The van der Waals surface area contributed by atoms with Crippen molar-refractivity contribution >= 4 is 34.7 Å². The summed E-state index contributed by atoms with van der Waals surface area (Å²) in [6.45, 7) is -0.137. The first-order chi connectivity index (χ1) is 12.5. The highest BCUT2D eigenvalue weighted by Gasteiger charge is 2.36. The number of ether oxygens (including phenoxy) is 1. The van der Waals surface area contributed by atoms with E-state index in [4.69, 9.17) is 4.74 Å². The Morgan fingerprint density at radius 1 is 1.15 bits per heavy atom. The number of carbonyl (C=O) groups is 2. The molecule has 0 saturated carbocycles. The molecule has 3 rings (SSSR count). The lowest BCUT2D eigenvalue weighted by molar-refractivity contribution is -0.385. The van der Waals surface area contributed by atoms with Gasteiger partial charge in [-0.1, -0.05) is 30.3 Å². The molecule has 0 bridgehead atoms. The Bertz CT molecular complexity index is 908. The monoisotopic (exact) mass is 370 g/mol. The van der Waals surface area contributed by atoms with E-state index in [1.54, 1.807) is 49.6 Å². The number of methoxy groups -OCH3 is 1. The molecule has 1 saturated heterocycles. The summed E-state index contributed by atoms with van der Waals surface area (Å²) in [6, 6.07) is 13.1. The van der Waals surface area contributed by atoms with Gasteiger partial charge in [-0.05, 0) is 35.5 Å². The van der Waals surface area contributed by atoms with Crippen LogP contribution >= 0.6 is 11.8 Å². The van der Waals surface area contributed by atoms with Crippen molar-refractivity contribution in [3.05, 3.63) is 74.7 Å². The molecular formula is C18H14N2O5S. The smallest absolute Gasteiger partial charge is 0.293 e. The molecule has 0 aromatic heterocycles. The average molecular weight is 370 g/mol. The van der Waals surface area contributed by atoms with Crippen LogP contribution in [0.1, 0.15) is 11.1 Å². The normalized spacial score (nSPS) is 15.6. The molecule has 0 radical (unpaired) electrons. The summed E-state index contributed by atoms with van der Waals surface area (Å²) in [4.78, 5) is 36.6. The Morgan fingerprint density at radius 2 is 1.85 bits per heavy atom. The molecular weight excluding hydrogens is 356 g/mol. The van der Waals surface area contributed by atoms with Gasteiger partial charge in [-0.25, -0.2) is 0 Å². The van der Waals surface area contributed by atoms with Crippen molar-refractivity contribution in [3.63, 3.8) is 0 Å². The molecule has 132 valence electrons. The van der Waals surface area contributed by atoms with Crippen molar-refractivity contribution < 1.29 is 19.2 Å². The van der Waals surface area contributed by atoms with E-state index in [0.29, 0.717) is 11.3 Å². The second-order valence-corrected chi connectivity index (χ2v) is 6.42. The number of thioether (sulfide) groups is 1. The van der Waals surface area contributed by atoms with Gasteiger partial charge in [0.1, 0.15) is 5.75 Å².